The standard InChI is InChI=1S/C17H20N2O2/c20-17(21)13-19-10-8-18(9-11-19)12-15-6-3-5-14-4-1-2-7-16(14)15/h1-7H,8-13H2,(H,20,21). The molecule has 0 atom stereocenters. The second-order valence-corrected chi connectivity index (χ2v) is 5.58. The van der Waals surface area contributed by atoms with Gasteiger partial charge in [0.05, 0.1) is 6.54 Å². The summed E-state index contributed by atoms with van der Waals surface area (Å²) in [6.07, 6.45) is 0. The summed E-state index contributed by atoms with van der Waals surface area (Å²) in [7, 11) is 0. The van der Waals surface area contributed by atoms with E-state index < -0.39 is 5.97 Å². The molecule has 0 radical (unpaired) electrons. The van der Waals surface area contributed by atoms with Gasteiger partial charge in [0.2, 0.25) is 0 Å². The van der Waals surface area contributed by atoms with Gasteiger partial charge < -0.3 is 5.11 Å². The Hall–Kier alpha value is -1.91. The van der Waals surface area contributed by atoms with Crippen LogP contribution in [0.4, 0.5) is 0 Å². The number of carboxylic acids is 1. The molecule has 4 heteroatoms. The number of aliphatic carboxylic acids is 1. The van der Waals surface area contributed by atoms with Crippen molar-refractivity contribution in [3.05, 3.63) is 48.0 Å². The predicted molar refractivity (Wildman–Crippen MR) is 83.3 cm³/mol. The Balaban J connectivity index is 1.66. The largest absolute Gasteiger partial charge is 0.480 e. The first-order chi connectivity index (χ1) is 10.2. The second kappa shape index (κ2) is 6.24. The average molecular weight is 284 g/mol. The van der Waals surface area contributed by atoms with Crippen LogP contribution in [0.15, 0.2) is 42.5 Å². The molecule has 1 fully saturated rings. The molecule has 0 bridgehead atoms. The van der Waals surface area contributed by atoms with Gasteiger partial charge in [-0.3, -0.25) is 14.6 Å². The van der Waals surface area contributed by atoms with Crippen LogP contribution in [0.25, 0.3) is 10.8 Å². The molecule has 1 heterocycles. The first-order valence-electron chi connectivity index (χ1n) is 7.35. The maximum atomic E-state index is 10.7. The van der Waals surface area contributed by atoms with Gasteiger partial charge in [-0.1, -0.05) is 42.5 Å². The highest BCUT2D eigenvalue weighted by molar-refractivity contribution is 5.85. The topological polar surface area (TPSA) is 43.8 Å². The Kier molecular flexibility index (Phi) is 4.18. The highest BCUT2D eigenvalue weighted by Gasteiger charge is 2.18. The number of fused-ring (bicyclic) bond motifs is 1. The minimum absolute atomic E-state index is 0.155. The predicted octanol–water partition coefficient (Wildman–Crippen LogP) is 2.04. The first kappa shape index (κ1) is 14.0. The van der Waals surface area contributed by atoms with E-state index in [1.54, 1.807) is 0 Å². The van der Waals surface area contributed by atoms with Crippen molar-refractivity contribution in [1.82, 2.24) is 9.80 Å². The third-order valence-corrected chi connectivity index (χ3v) is 4.10. The zero-order valence-corrected chi connectivity index (χ0v) is 12.0. The van der Waals surface area contributed by atoms with Crippen molar-refractivity contribution in [2.75, 3.05) is 32.7 Å². The molecule has 3 rings (SSSR count). The Morgan fingerprint density at radius 1 is 0.952 bits per heavy atom. The molecule has 0 aromatic heterocycles. The van der Waals surface area contributed by atoms with Gasteiger partial charge in [0.1, 0.15) is 0 Å². The second-order valence-electron chi connectivity index (χ2n) is 5.58. The van der Waals surface area contributed by atoms with Gasteiger partial charge in [0.25, 0.3) is 0 Å². The molecule has 1 N–H and O–H groups in total. The summed E-state index contributed by atoms with van der Waals surface area (Å²) in [5, 5.41) is 11.4. The lowest BCUT2D eigenvalue weighted by Crippen LogP contribution is -2.47. The highest BCUT2D eigenvalue weighted by Crippen LogP contribution is 2.20. The Bertz CT molecular complexity index is 628. The molecule has 2 aromatic carbocycles. The summed E-state index contributed by atoms with van der Waals surface area (Å²) < 4.78 is 0. The summed E-state index contributed by atoms with van der Waals surface area (Å²) in [5.74, 6) is -0.738. The minimum atomic E-state index is -0.738. The molecule has 0 unspecified atom stereocenters. The van der Waals surface area contributed by atoms with E-state index in [1.165, 1.54) is 16.3 Å². The number of benzene rings is 2. The summed E-state index contributed by atoms with van der Waals surface area (Å²) in [5.41, 5.74) is 1.35. The van der Waals surface area contributed by atoms with Crippen molar-refractivity contribution < 1.29 is 9.90 Å². The van der Waals surface area contributed by atoms with Crippen molar-refractivity contribution in [2.24, 2.45) is 0 Å². The number of carbonyl (C=O) groups is 1. The van der Waals surface area contributed by atoms with Crippen molar-refractivity contribution in [3.63, 3.8) is 0 Å². The van der Waals surface area contributed by atoms with Gasteiger partial charge in [-0.15, -0.1) is 0 Å². The van der Waals surface area contributed by atoms with Crippen molar-refractivity contribution in [1.29, 1.82) is 0 Å². The van der Waals surface area contributed by atoms with Gasteiger partial charge >= 0.3 is 5.97 Å². The van der Waals surface area contributed by atoms with Crippen LogP contribution >= 0.6 is 0 Å². The number of piperazine rings is 1. The zero-order valence-electron chi connectivity index (χ0n) is 12.0. The average Bonchev–Trinajstić information content (AvgIpc) is 2.49. The third kappa shape index (κ3) is 3.40. The summed E-state index contributed by atoms with van der Waals surface area (Å²) in [6.45, 7) is 4.60. The molecule has 2 aromatic rings. The fraction of sp³-hybridized carbons (Fsp3) is 0.353. The van der Waals surface area contributed by atoms with Gasteiger partial charge in [-0.25, -0.2) is 0 Å². The maximum Gasteiger partial charge on any atom is 0.317 e. The number of nitrogens with zero attached hydrogens (tertiary/aromatic N) is 2. The molecule has 0 aliphatic carbocycles. The van der Waals surface area contributed by atoms with E-state index >= 15 is 0 Å². The van der Waals surface area contributed by atoms with Crippen LogP contribution in [0.1, 0.15) is 5.56 Å². The molecule has 0 spiro atoms. The molecule has 110 valence electrons. The normalized spacial score (nSPS) is 17.1. The fourth-order valence-corrected chi connectivity index (χ4v) is 2.97. The molecule has 1 aliphatic heterocycles. The number of carboxylic acid groups (broad SMARTS) is 1. The molecule has 1 aliphatic rings. The fourth-order valence-electron chi connectivity index (χ4n) is 2.97. The number of hydrogen-bond acceptors (Lipinski definition) is 3. The molecule has 4 nitrogen and oxygen atoms in total. The molecular formula is C17H20N2O2. The van der Waals surface area contributed by atoms with Crippen LogP contribution in [0, 0.1) is 0 Å². The Morgan fingerprint density at radius 3 is 2.38 bits per heavy atom. The lowest BCUT2D eigenvalue weighted by molar-refractivity contribution is -0.138. The van der Waals surface area contributed by atoms with Crippen LogP contribution in [-0.4, -0.2) is 53.6 Å². The van der Waals surface area contributed by atoms with E-state index in [-0.39, 0.29) is 6.54 Å². The van der Waals surface area contributed by atoms with Gasteiger partial charge in [-0.2, -0.15) is 0 Å². The van der Waals surface area contributed by atoms with Crippen molar-refractivity contribution >= 4 is 16.7 Å². The highest BCUT2D eigenvalue weighted by atomic mass is 16.4. The van der Waals surface area contributed by atoms with Crippen molar-refractivity contribution in [3.8, 4) is 0 Å². The lowest BCUT2D eigenvalue weighted by Gasteiger charge is -2.34. The van der Waals surface area contributed by atoms with E-state index in [2.05, 4.69) is 47.4 Å². The molecule has 21 heavy (non-hydrogen) atoms. The molecule has 0 saturated carbocycles. The van der Waals surface area contributed by atoms with Crippen LogP contribution < -0.4 is 0 Å². The van der Waals surface area contributed by atoms with E-state index in [9.17, 15) is 4.79 Å². The lowest BCUT2D eigenvalue weighted by atomic mass is 10.0. The number of hydrogen-bond donors (Lipinski definition) is 1. The SMILES string of the molecule is O=C(O)CN1CCN(Cc2cccc3ccccc23)CC1. The van der Waals surface area contributed by atoms with E-state index in [0.29, 0.717) is 0 Å². The maximum absolute atomic E-state index is 10.7. The summed E-state index contributed by atoms with van der Waals surface area (Å²) >= 11 is 0. The van der Waals surface area contributed by atoms with Crippen LogP contribution in [0.2, 0.25) is 0 Å². The van der Waals surface area contributed by atoms with Crippen molar-refractivity contribution in [2.45, 2.75) is 6.54 Å². The Labute approximate surface area is 124 Å². The zero-order chi connectivity index (χ0) is 14.7. The Morgan fingerprint density at radius 2 is 1.62 bits per heavy atom. The molecule has 1 saturated heterocycles. The van der Waals surface area contributed by atoms with Crippen LogP contribution in [0.3, 0.4) is 0 Å². The summed E-state index contributed by atoms with van der Waals surface area (Å²) in [4.78, 5) is 15.1. The van der Waals surface area contributed by atoms with Crippen LogP contribution in [-0.2, 0) is 11.3 Å². The quantitative estimate of drug-likeness (QED) is 0.933. The minimum Gasteiger partial charge on any atom is -0.480 e. The number of rotatable bonds is 4. The third-order valence-electron chi connectivity index (χ3n) is 4.10. The van der Waals surface area contributed by atoms with Gasteiger partial charge in [0, 0.05) is 32.7 Å². The van der Waals surface area contributed by atoms with Gasteiger partial charge in [-0.05, 0) is 16.3 Å². The van der Waals surface area contributed by atoms with Crippen LogP contribution in [0.5, 0.6) is 0 Å². The monoisotopic (exact) mass is 284 g/mol. The molecule has 0 amide bonds. The smallest absolute Gasteiger partial charge is 0.317 e. The molecular weight excluding hydrogens is 264 g/mol. The van der Waals surface area contributed by atoms with E-state index in [0.717, 1.165) is 32.7 Å². The first-order valence-corrected chi connectivity index (χ1v) is 7.35. The van der Waals surface area contributed by atoms with Gasteiger partial charge in [0.15, 0.2) is 0 Å². The van der Waals surface area contributed by atoms with E-state index in [1.807, 2.05) is 4.90 Å². The summed E-state index contributed by atoms with van der Waals surface area (Å²) in [6, 6.07) is 14.9. The van der Waals surface area contributed by atoms with E-state index in [4.69, 9.17) is 5.11 Å².